The summed E-state index contributed by atoms with van der Waals surface area (Å²) in [6.07, 6.45) is 3.98. The van der Waals surface area contributed by atoms with E-state index in [0.717, 1.165) is 12.6 Å². The van der Waals surface area contributed by atoms with Crippen LogP contribution < -0.4 is 0 Å². The van der Waals surface area contributed by atoms with Gasteiger partial charge in [0.2, 0.25) is 0 Å². The second kappa shape index (κ2) is 4.32. The molecule has 104 valence electrons. The highest BCUT2D eigenvalue weighted by Crippen LogP contribution is 2.39. The van der Waals surface area contributed by atoms with Gasteiger partial charge >= 0.3 is 0 Å². The Bertz CT molecular complexity index is 778. The quantitative estimate of drug-likeness (QED) is 0.545. The molecule has 0 saturated carbocycles. The molecule has 1 heteroatoms. The molecule has 21 heavy (non-hydrogen) atoms. The summed E-state index contributed by atoms with van der Waals surface area (Å²) >= 11 is 0. The lowest BCUT2D eigenvalue weighted by molar-refractivity contribution is 0.229. The van der Waals surface area contributed by atoms with Crippen molar-refractivity contribution in [3.05, 3.63) is 59.7 Å². The van der Waals surface area contributed by atoms with E-state index in [1.165, 1.54) is 47.4 Å². The zero-order valence-corrected chi connectivity index (χ0v) is 12.2. The maximum Gasteiger partial charge on any atom is 0.0245 e. The summed E-state index contributed by atoms with van der Waals surface area (Å²) in [6.45, 7) is 2.43. The van der Waals surface area contributed by atoms with Gasteiger partial charge in [0, 0.05) is 12.6 Å². The molecule has 5 rings (SSSR count). The summed E-state index contributed by atoms with van der Waals surface area (Å²) in [5.41, 5.74) is 3.20. The molecule has 2 aliphatic heterocycles. The number of rotatable bonds is 0. The number of fused-ring (bicyclic) bond motifs is 7. The number of hydrogen-bond acceptors (Lipinski definition) is 1. The maximum absolute atomic E-state index is 2.70. The molecule has 0 spiro atoms. The van der Waals surface area contributed by atoms with Crippen LogP contribution in [0.5, 0.6) is 0 Å². The number of hydrogen-bond donors (Lipinski definition) is 0. The summed E-state index contributed by atoms with van der Waals surface area (Å²) < 4.78 is 0. The van der Waals surface area contributed by atoms with Gasteiger partial charge in [-0.25, -0.2) is 0 Å². The third-order valence-electron chi connectivity index (χ3n) is 5.46. The van der Waals surface area contributed by atoms with Gasteiger partial charge in [-0.3, -0.25) is 4.90 Å². The van der Waals surface area contributed by atoms with Crippen molar-refractivity contribution in [2.24, 2.45) is 0 Å². The first kappa shape index (κ1) is 11.8. The van der Waals surface area contributed by atoms with Gasteiger partial charge in [0.1, 0.15) is 0 Å². The average Bonchev–Trinajstić information content (AvgIpc) is 3.01. The Kier molecular flexibility index (Phi) is 2.42. The minimum Gasteiger partial charge on any atom is -0.296 e. The van der Waals surface area contributed by atoms with Gasteiger partial charge < -0.3 is 0 Å². The van der Waals surface area contributed by atoms with Gasteiger partial charge in [0.15, 0.2) is 0 Å². The molecule has 0 amide bonds. The monoisotopic (exact) mass is 273 g/mol. The van der Waals surface area contributed by atoms with E-state index in [2.05, 4.69) is 53.4 Å². The van der Waals surface area contributed by atoms with Gasteiger partial charge in [-0.1, -0.05) is 48.5 Å². The first-order chi connectivity index (χ1) is 10.4. The minimum atomic E-state index is 0.780. The molecule has 2 heterocycles. The van der Waals surface area contributed by atoms with Crippen LogP contribution in [0.2, 0.25) is 0 Å². The molecule has 1 nitrogen and oxygen atoms in total. The lowest BCUT2D eigenvalue weighted by Gasteiger charge is -2.33. The highest BCUT2D eigenvalue weighted by atomic mass is 15.2. The molecule has 2 aliphatic rings. The zero-order chi connectivity index (χ0) is 13.8. The van der Waals surface area contributed by atoms with Crippen LogP contribution in [0, 0.1) is 0 Å². The fourth-order valence-corrected chi connectivity index (χ4v) is 4.47. The van der Waals surface area contributed by atoms with Crippen molar-refractivity contribution in [3.63, 3.8) is 0 Å². The van der Waals surface area contributed by atoms with Crippen LogP contribution in [-0.2, 0) is 13.0 Å². The molecular formula is C20H19N. The lowest BCUT2D eigenvalue weighted by atomic mass is 9.85. The van der Waals surface area contributed by atoms with Crippen molar-refractivity contribution < 1.29 is 0 Å². The molecule has 1 saturated heterocycles. The topological polar surface area (TPSA) is 3.24 Å². The summed E-state index contributed by atoms with van der Waals surface area (Å²) in [7, 11) is 0. The first-order valence-electron chi connectivity index (χ1n) is 8.07. The molecule has 3 aromatic rings. The molecule has 0 unspecified atom stereocenters. The number of nitrogens with zero attached hydrogens (tertiary/aromatic N) is 1. The predicted octanol–water partition coefficient (Wildman–Crippen LogP) is 4.51. The third kappa shape index (κ3) is 1.61. The maximum atomic E-state index is 2.70. The Morgan fingerprint density at radius 1 is 0.762 bits per heavy atom. The minimum absolute atomic E-state index is 0.780. The van der Waals surface area contributed by atoms with Crippen molar-refractivity contribution in [2.45, 2.75) is 31.8 Å². The van der Waals surface area contributed by atoms with E-state index in [1.807, 2.05) is 0 Å². The molecule has 0 bridgehead atoms. The fraction of sp³-hybridized carbons (Fsp3) is 0.300. The van der Waals surface area contributed by atoms with Crippen molar-refractivity contribution in [1.82, 2.24) is 4.90 Å². The third-order valence-corrected chi connectivity index (χ3v) is 5.46. The van der Waals surface area contributed by atoms with Crippen molar-refractivity contribution in [3.8, 4) is 0 Å². The van der Waals surface area contributed by atoms with Crippen LogP contribution in [-0.4, -0.2) is 17.5 Å². The van der Waals surface area contributed by atoms with Crippen LogP contribution in [0.15, 0.2) is 48.5 Å². The summed E-state index contributed by atoms with van der Waals surface area (Å²) in [4.78, 5) is 2.70. The largest absolute Gasteiger partial charge is 0.296 e. The smallest absolute Gasteiger partial charge is 0.0245 e. The summed E-state index contributed by atoms with van der Waals surface area (Å²) in [5.74, 6) is 0. The SMILES string of the molecule is c1ccc2c(c1)c1c(c3ccccc32)CN2CCC[C@@H]2C1. The average molecular weight is 273 g/mol. The number of benzene rings is 3. The molecule has 1 fully saturated rings. The molecule has 0 radical (unpaired) electrons. The molecule has 0 aromatic heterocycles. The van der Waals surface area contributed by atoms with Gasteiger partial charge in [-0.05, 0) is 58.5 Å². The van der Waals surface area contributed by atoms with Crippen LogP contribution in [0.1, 0.15) is 24.0 Å². The standard InChI is InChI=1S/C20H19N/c1-3-9-17-15(7-1)16-8-2-4-10-18(16)20-13-21-11-5-6-14(21)12-19(17)20/h1-4,7-10,14H,5-6,11-13H2/t14-/m1/s1. The summed E-state index contributed by atoms with van der Waals surface area (Å²) in [6, 6.07) is 18.7. The van der Waals surface area contributed by atoms with Crippen LogP contribution in [0.25, 0.3) is 21.5 Å². The normalized spacial score (nSPS) is 21.6. The van der Waals surface area contributed by atoms with Crippen molar-refractivity contribution in [1.29, 1.82) is 0 Å². The Morgan fingerprint density at radius 3 is 2.10 bits per heavy atom. The van der Waals surface area contributed by atoms with Crippen molar-refractivity contribution in [2.75, 3.05) is 6.54 Å². The van der Waals surface area contributed by atoms with Gasteiger partial charge in [0.25, 0.3) is 0 Å². The highest BCUT2D eigenvalue weighted by Gasteiger charge is 2.31. The van der Waals surface area contributed by atoms with Crippen molar-refractivity contribution >= 4 is 21.5 Å². The fourth-order valence-electron chi connectivity index (χ4n) is 4.47. The second-order valence-electron chi connectivity index (χ2n) is 6.52. The zero-order valence-electron chi connectivity index (χ0n) is 12.2. The molecular weight excluding hydrogens is 254 g/mol. The lowest BCUT2D eigenvalue weighted by Crippen LogP contribution is -2.35. The van der Waals surface area contributed by atoms with Gasteiger partial charge in [-0.15, -0.1) is 0 Å². The first-order valence-corrected chi connectivity index (χ1v) is 8.07. The molecule has 0 N–H and O–H groups in total. The highest BCUT2D eigenvalue weighted by molar-refractivity contribution is 6.10. The summed E-state index contributed by atoms with van der Waals surface area (Å²) in [5, 5.41) is 5.80. The van der Waals surface area contributed by atoms with E-state index in [-0.39, 0.29) is 0 Å². The Labute approximate surface area is 125 Å². The molecule has 0 aliphatic carbocycles. The van der Waals surface area contributed by atoms with Gasteiger partial charge in [-0.2, -0.15) is 0 Å². The van der Waals surface area contributed by atoms with E-state index in [9.17, 15) is 0 Å². The van der Waals surface area contributed by atoms with Crippen LogP contribution in [0.4, 0.5) is 0 Å². The van der Waals surface area contributed by atoms with E-state index in [1.54, 1.807) is 11.1 Å². The van der Waals surface area contributed by atoms with E-state index >= 15 is 0 Å². The van der Waals surface area contributed by atoms with Crippen LogP contribution in [0.3, 0.4) is 0 Å². The van der Waals surface area contributed by atoms with E-state index < -0.39 is 0 Å². The predicted molar refractivity (Wildman–Crippen MR) is 88.6 cm³/mol. The van der Waals surface area contributed by atoms with E-state index in [0.29, 0.717) is 0 Å². The van der Waals surface area contributed by atoms with Gasteiger partial charge in [0.05, 0.1) is 0 Å². The van der Waals surface area contributed by atoms with Crippen LogP contribution >= 0.6 is 0 Å². The van der Waals surface area contributed by atoms with E-state index in [4.69, 9.17) is 0 Å². The molecule has 1 atom stereocenters. The Hall–Kier alpha value is -1.86. The molecule has 3 aromatic carbocycles. The Balaban J connectivity index is 1.91. The Morgan fingerprint density at radius 2 is 1.38 bits per heavy atom. The second-order valence-corrected chi connectivity index (χ2v) is 6.52.